The number of hydrogen-bond acceptors (Lipinski definition) is 5. The number of H-pyrrole nitrogens is 1. The first-order chi connectivity index (χ1) is 16.5. The number of benzene rings is 2. The lowest BCUT2D eigenvalue weighted by Gasteiger charge is -2.33. The summed E-state index contributed by atoms with van der Waals surface area (Å²) in [6.45, 7) is 3.57. The third-order valence-corrected chi connectivity index (χ3v) is 6.74. The van der Waals surface area contributed by atoms with Crippen LogP contribution in [0.4, 0.5) is 4.39 Å². The van der Waals surface area contributed by atoms with Crippen molar-refractivity contribution in [2.24, 2.45) is 0 Å². The van der Waals surface area contributed by atoms with Gasteiger partial charge in [-0.1, -0.05) is 43.5 Å². The van der Waals surface area contributed by atoms with Crippen molar-refractivity contribution in [2.45, 2.75) is 64.7 Å². The number of pyridine rings is 1. The molecule has 1 N–H and O–H groups in total. The van der Waals surface area contributed by atoms with Crippen LogP contribution in [0, 0.1) is 12.7 Å². The zero-order valence-electron chi connectivity index (χ0n) is 19.4. The van der Waals surface area contributed by atoms with Gasteiger partial charge in [0.1, 0.15) is 5.82 Å². The number of tetrazole rings is 1. The molecule has 8 heteroatoms. The van der Waals surface area contributed by atoms with Gasteiger partial charge in [-0.3, -0.25) is 9.69 Å². The molecule has 0 radical (unpaired) electrons. The lowest BCUT2D eigenvalue weighted by atomic mass is 9.93. The standard InChI is InChI=1S/C26H29FN6O/c1-18-7-10-20-14-21(26(34)28-24(20)13-18)16-32(23-5-3-2-4-6-23)17-25-29-30-31-33(25)15-19-8-11-22(27)12-9-19/h7-14,23H,2-6,15-17H2,1H3,(H,28,34). The molecule has 1 fully saturated rings. The van der Waals surface area contributed by atoms with Crippen molar-refractivity contribution < 1.29 is 4.39 Å². The number of aromatic amines is 1. The second-order valence-electron chi connectivity index (χ2n) is 9.29. The molecule has 4 aromatic rings. The molecule has 7 nitrogen and oxygen atoms in total. The normalized spacial score (nSPS) is 14.8. The summed E-state index contributed by atoms with van der Waals surface area (Å²) in [4.78, 5) is 18.3. The SMILES string of the molecule is Cc1ccc2cc(CN(Cc3nnnn3Cc3ccc(F)cc3)C3CCCCC3)c(=O)[nH]c2c1. The highest BCUT2D eigenvalue weighted by Gasteiger charge is 2.24. The highest BCUT2D eigenvalue weighted by molar-refractivity contribution is 5.79. The molecule has 2 heterocycles. The van der Waals surface area contributed by atoms with E-state index in [-0.39, 0.29) is 11.4 Å². The van der Waals surface area contributed by atoms with Crippen molar-refractivity contribution in [3.63, 3.8) is 0 Å². The predicted molar refractivity (Wildman–Crippen MR) is 129 cm³/mol. The van der Waals surface area contributed by atoms with Crippen LogP contribution in [-0.4, -0.2) is 36.1 Å². The molecule has 1 saturated carbocycles. The Morgan fingerprint density at radius 1 is 1.06 bits per heavy atom. The van der Waals surface area contributed by atoms with Gasteiger partial charge in [0, 0.05) is 23.7 Å². The first-order valence-corrected chi connectivity index (χ1v) is 11.9. The smallest absolute Gasteiger partial charge is 0.252 e. The van der Waals surface area contributed by atoms with E-state index in [0.29, 0.717) is 25.7 Å². The maximum Gasteiger partial charge on any atom is 0.252 e. The first-order valence-electron chi connectivity index (χ1n) is 11.9. The van der Waals surface area contributed by atoms with E-state index in [4.69, 9.17) is 0 Å². The van der Waals surface area contributed by atoms with Gasteiger partial charge in [0.15, 0.2) is 5.82 Å². The van der Waals surface area contributed by atoms with Crippen LogP contribution in [0.3, 0.4) is 0 Å². The quantitative estimate of drug-likeness (QED) is 0.444. The minimum atomic E-state index is -0.264. The topological polar surface area (TPSA) is 79.7 Å². The lowest BCUT2D eigenvalue weighted by Crippen LogP contribution is -2.38. The minimum absolute atomic E-state index is 0.0511. The van der Waals surface area contributed by atoms with E-state index >= 15 is 0 Å². The van der Waals surface area contributed by atoms with Gasteiger partial charge in [0.2, 0.25) is 0 Å². The van der Waals surface area contributed by atoms with Gasteiger partial charge in [-0.05, 0) is 71.0 Å². The number of halogens is 1. The lowest BCUT2D eigenvalue weighted by molar-refractivity contribution is 0.134. The van der Waals surface area contributed by atoms with Gasteiger partial charge in [0.25, 0.3) is 5.56 Å². The van der Waals surface area contributed by atoms with Crippen LogP contribution in [0.15, 0.2) is 53.3 Å². The zero-order valence-corrected chi connectivity index (χ0v) is 19.4. The van der Waals surface area contributed by atoms with Crippen LogP contribution in [-0.2, 0) is 19.6 Å². The molecule has 0 saturated heterocycles. The highest BCUT2D eigenvalue weighted by Crippen LogP contribution is 2.25. The summed E-state index contributed by atoms with van der Waals surface area (Å²) < 4.78 is 15.1. The van der Waals surface area contributed by atoms with E-state index in [2.05, 4.69) is 37.5 Å². The van der Waals surface area contributed by atoms with Crippen molar-refractivity contribution in [3.05, 3.63) is 87.2 Å². The maximum absolute atomic E-state index is 13.3. The number of rotatable bonds is 7. The molecule has 5 rings (SSSR count). The summed E-state index contributed by atoms with van der Waals surface area (Å²) in [5.74, 6) is 0.475. The van der Waals surface area contributed by atoms with Crippen molar-refractivity contribution in [2.75, 3.05) is 0 Å². The summed E-state index contributed by atoms with van der Waals surface area (Å²) in [6, 6.07) is 14.9. The average Bonchev–Trinajstić information content (AvgIpc) is 3.27. The molecule has 2 aromatic heterocycles. The number of nitrogens with zero attached hydrogens (tertiary/aromatic N) is 5. The number of hydrogen-bond donors (Lipinski definition) is 1. The van der Waals surface area contributed by atoms with Crippen LogP contribution in [0.1, 0.15) is 54.6 Å². The summed E-state index contributed by atoms with van der Waals surface area (Å²) >= 11 is 0. The highest BCUT2D eigenvalue weighted by atomic mass is 19.1. The molecule has 0 spiro atoms. The molecule has 0 bridgehead atoms. The fraction of sp³-hybridized carbons (Fsp3) is 0.385. The third kappa shape index (κ3) is 5.07. The van der Waals surface area contributed by atoms with Crippen LogP contribution in [0.25, 0.3) is 10.9 Å². The van der Waals surface area contributed by atoms with Crippen molar-refractivity contribution in [1.29, 1.82) is 0 Å². The molecule has 34 heavy (non-hydrogen) atoms. The molecular formula is C26H29FN6O. The maximum atomic E-state index is 13.3. The molecule has 0 atom stereocenters. The van der Waals surface area contributed by atoms with Gasteiger partial charge in [-0.2, -0.15) is 0 Å². The zero-order chi connectivity index (χ0) is 23.5. The van der Waals surface area contributed by atoms with Crippen LogP contribution in [0.2, 0.25) is 0 Å². The number of fused-ring (bicyclic) bond motifs is 1. The van der Waals surface area contributed by atoms with Crippen LogP contribution < -0.4 is 5.56 Å². The summed E-state index contributed by atoms with van der Waals surface area (Å²) in [5.41, 5.74) is 3.61. The van der Waals surface area contributed by atoms with Gasteiger partial charge in [-0.25, -0.2) is 9.07 Å². The van der Waals surface area contributed by atoms with E-state index in [1.54, 1.807) is 16.8 Å². The van der Waals surface area contributed by atoms with E-state index in [9.17, 15) is 9.18 Å². The summed E-state index contributed by atoms with van der Waals surface area (Å²) in [7, 11) is 0. The number of nitrogens with one attached hydrogen (secondary N) is 1. The van der Waals surface area contributed by atoms with E-state index in [0.717, 1.165) is 46.3 Å². The van der Waals surface area contributed by atoms with Gasteiger partial charge in [-0.15, -0.1) is 5.10 Å². The van der Waals surface area contributed by atoms with Crippen molar-refractivity contribution in [3.8, 4) is 0 Å². The third-order valence-electron chi connectivity index (χ3n) is 6.74. The molecule has 1 aliphatic carbocycles. The first kappa shape index (κ1) is 22.4. The van der Waals surface area contributed by atoms with E-state index in [1.165, 1.54) is 31.4 Å². The fourth-order valence-electron chi connectivity index (χ4n) is 4.86. The monoisotopic (exact) mass is 460 g/mol. The predicted octanol–water partition coefficient (Wildman–Crippen LogP) is 4.35. The molecule has 1 aliphatic rings. The van der Waals surface area contributed by atoms with Crippen LogP contribution in [0.5, 0.6) is 0 Å². The Labute approximate surface area is 197 Å². The molecule has 0 unspecified atom stereocenters. The van der Waals surface area contributed by atoms with Gasteiger partial charge >= 0.3 is 0 Å². The second-order valence-corrected chi connectivity index (χ2v) is 9.29. The van der Waals surface area contributed by atoms with Crippen molar-refractivity contribution in [1.82, 2.24) is 30.1 Å². The van der Waals surface area contributed by atoms with Crippen LogP contribution >= 0.6 is 0 Å². The Kier molecular flexibility index (Phi) is 6.49. The molecule has 176 valence electrons. The molecule has 0 aliphatic heterocycles. The summed E-state index contributed by atoms with van der Waals surface area (Å²) in [6.07, 6.45) is 5.83. The second kappa shape index (κ2) is 9.85. The Balaban J connectivity index is 1.41. The molecular weight excluding hydrogens is 431 g/mol. The Morgan fingerprint density at radius 2 is 1.85 bits per heavy atom. The van der Waals surface area contributed by atoms with Gasteiger partial charge < -0.3 is 4.98 Å². The number of aryl methyl sites for hydroxylation is 1. The Morgan fingerprint density at radius 3 is 2.65 bits per heavy atom. The van der Waals surface area contributed by atoms with E-state index in [1.807, 2.05) is 19.1 Å². The average molecular weight is 461 g/mol. The summed E-state index contributed by atoms with van der Waals surface area (Å²) in [5, 5.41) is 13.4. The van der Waals surface area contributed by atoms with Gasteiger partial charge in [0.05, 0.1) is 13.1 Å². The fourth-order valence-corrected chi connectivity index (χ4v) is 4.86. The largest absolute Gasteiger partial charge is 0.322 e. The Bertz CT molecular complexity index is 1320. The van der Waals surface area contributed by atoms with Crippen molar-refractivity contribution >= 4 is 10.9 Å². The minimum Gasteiger partial charge on any atom is -0.322 e. The molecule has 2 aromatic carbocycles. The van der Waals surface area contributed by atoms with E-state index < -0.39 is 0 Å². The molecule has 0 amide bonds. The Hall–Kier alpha value is -3.39. The number of aromatic nitrogens is 5.